The van der Waals surface area contributed by atoms with Crippen LogP contribution in [0.4, 0.5) is 10.8 Å². The van der Waals surface area contributed by atoms with Crippen molar-refractivity contribution >= 4 is 22.2 Å². The van der Waals surface area contributed by atoms with Gasteiger partial charge in [0.05, 0.1) is 5.69 Å². The molecule has 2 rings (SSSR count). The third kappa shape index (κ3) is 2.52. The molecule has 0 amide bonds. The Balaban J connectivity index is 2.02. The smallest absolute Gasteiger partial charge is 0.183 e. The van der Waals surface area contributed by atoms with Crippen LogP contribution in [0.1, 0.15) is 16.1 Å². The summed E-state index contributed by atoms with van der Waals surface area (Å²) in [5, 5.41) is 4.27. The zero-order valence-corrected chi connectivity index (χ0v) is 10.3. The summed E-state index contributed by atoms with van der Waals surface area (Å²) in [5.74, 6) is 0. The summed E-state index contributed by atoms with van der Waals surface area (Å²) in [4.78, 5) is 5.68. The van der Waals surface area contributed by atoms with E-state index in [2.05, 4.69) is 23.3 Å². The van der Waals surface area contributed by atoms with Crippen molar-refractivity contribution in [3.8, 4) is 0 Å². The number of aromatic nitrogens is 1. The van der Waals surface area contributed by atoms with Gasteiger partial charge in [-0.15, -0.1) is 11.3 Å². The Bertz CT molecular complexity index is 471. The quantitative estimate of drug-likeness (QED) is 0.801. The lowest BCUT2D eigenvalue weighted by molar-refractivity contribution is 1.12. The highest BCUT2D eigenvalue weighted by Gasteiger charge is 2.02. The standard InChI is InChI=1S/C12H15N3S/c1-8-9(2)16-12(15-8)14-7-10-4-3-5-11(13)6-10/h3-6H,7,13H2,1-2H3,(H,14,15). The molecule has 0 saturated carbocycles. The Kier molecular flexibility index (Phi) is 3.10. The van der Waals surface area contributed by atoms with Crippen molar-refractivity contribution in [2.24, 2.45) is 0 Å². The fraction of sp³-hybridized carbons (Fsp3) is 0.250. The molecule has 0 aliphatic rings. The number of hydrogen-bond donors (Lipinski definition) is 2. The molecular weight excluding hydrogens is 218 g/mol. The highest BCUT2D eigenvalue weighted by molar-refractivity contribution is 7.15. The molecule has 1 heterocycles. The van der Waals surface area contributed by atoms with Crippen LogP contribution < -0.4 is 11.1 Å². The number of aryl methyl sites for hydroxylation is 2. The predicted octanol–water partition coefficient (Wildman–Crippen LogP) is 2.95. The molecule has 1 aromatic carbocycles. The van der Waals surface area contributed by atoms with Crippen LogP contribution in [0.2, 0.25) is 0 Å². The number of nitrogens with one attached hydrogen (secondary N) is 1. The first kappa shape index (κ1) is 11.0. The first-order valence-corrected chi connectivity index (χ1v) is 5.99. The van der Waals surface area contributed by atoms with Gasteiger partial charge in [-0.25, -0.2) is 4.98 Å². The van der Waals surface area contributed by atoms with Crippen LogP contribution in [-0.2, 0) is 6.54 Å². The van der Waals surface area contributed by atoms with Crippen molar-refractivity contribution in [2.45, 2.75) is 20.4 Å². The molecule has 0 aliphatic heterocycles. The van der Waals surface area contributed by atoms with Gasteiger partial charge in [0.15, 0.2) is 5.13 Å². The molecule has 1 aromatic heterocycles. The van der Waals surface area contributed by atoms with Crippen LogP contribution in [0, 0.1) is 13.8 Å². The van der Waals surface area contributed by atoms with Gasteiger partial charge in [-0.2, -0.15) is 0 Å². The Morgan fingerprint density at radius 3 is 2.81 bits per heavy atom. The fourth-order valence-electron chi connectivity index (χ4n) is 1.43. The second-order valence-electron chi connectivity index (χ2n) is 3.76. The highest BCUT2D eigenvalue weighted by atomic mass is 32.1. The summed E-state index contributed by atoms with van der Waals surface area (Å²) in [7, 11) is 0. The first-order chi connectivity index (χ1) is 7.65. The van der Waals surface area contributed by atoms with Crippen molar-refractivity contribution in [1.82, 2.24) is 4.98 Å². The molecule has 3 N–H and O–H groups in total. The minimum atomic E-state index is 0.761. The first-order valence-electron chi connectivity index (χ1n) is 5.17. The maximum absolute atomic E-state index is 5.71. The lowest BCUT2D eigenvalue weighted by Gasteiger charge is -2.03. The van der Waals surface area contributed by atoms with Gasteiger partial charge in [0, 0.05) is 17.1 Å². The normalized spacial score (nSPS) is 10.4. The zero-order chi connectivity index (χ0) is 11.5. The molecule has 84 valence electrons. The molecule has 16 heavy (non-hydrogen) atoms. The minimum absolute atomic E-state index is 0.761. The topological polar surface area (TPSA) is 50.9 Å². The van der Waals surface area contributed by atoms with E-state index in [0.717, 1.165) is 23.1 Å². The van der Waals surface area contributed by atoms with E-state index < -0.39 is 0 Å². The number of benzene rings is 1. The average molecular weight is 233 g/mol. The summed E-state index contributed by atoms with van der Waals surface area (Å²) in [6, 6.07) is 7.88. The molecule has 3 nitrogen and oxygen atoms in total. The molecule has 0 aliphatic carbocycles. The second-order valence-corrected chi connectivity index (χ2v) is 4.96. The molecule has 0 saturated heterocycles. The molecule has 0 atom stereocenters. The Hall–Kier alpha value is -1.55. The predicted molar refractivity (Wildman–Crippen MR) is 69.8 cm³/mol. The molecule has 0 bridgehead atoms. The van der Waals surface area contributed by atoms with Gasteiger partial charge < -0.3 is 11.1 Å². The van der Waals surface area contributed by atoms with Crippen molar-refractivity contribution in [2.75, 3.05) is 11.1 Å². The lowest BCUT2D eigenvalue weighted by atomic mass is 10.2. The summed E-state index contributed by atoms with van der Waals surface area (Å²) in [5.41, 5.74) is 8.78. The third-order valence-corrected chi connectivity index (χ3v) is 3.45. The SMILES string of the molecule is Cc1nc(NCc2cccc(N)c2)sc1C. The zero-order valence-electron chi connectivity index (χ0n) is 9.45. The van der Waals surface area contributed by atoms with Crippen LogP contribution in [0.25, 0.3) is 0 Å². The van der Waals surface area contributed by atoms with Crippen LogP contribution in [0.3, 0.4) is 0 Å². The van der Waals surface area contributed by atoms with E-state index in [1.165, 1.54) is 10.4 Å². The number of hydrogen-bond acceptors (Lipinski definition) is 4. The van der Waals surface area contributed by atoms with Gasteiger partial charge in [-0.05, 0) is 31.5 Å². The van der Waals surface area contributed by atoms with Crippen molar-refractivity contribution < 1.29 is 0 Å². The fourth-order valence-corrected chi connectivity index (χ4v) is 2.24. The van der Waals surface area contributed by atoms with Crippen molar-refractivity contribution in [1.29, 1.82) is 0 Å². The van der Waals surface area contributed by atoms with Crippen LogP contribution in [0.15, 0.2) is 24.3 Å². The van der Waals surface area contributed by atoms with E-state index >= 15 is 0 Å². The van der Waals surface area contributed by atoms with Gasteiger partial charge in [-0.1, -0.05) is 12.1 Å². The van der Waals surface area contributed by atoms with Crippen LogP contribution in [0.5, 0.6) is 0 Å². The average Bonchev–Trinajstić information content (AvgIpc) is 2.56. The van der Waals surface area contributed by atoms with Gasteiger partial charge >= 0.3 is 0 Å². The van der Waals surface area contributed by atoms with Crippen LogP contribution in [-0.4, -0.2) is 4.98 Å². The number of anilines is 2. The number of nitrogen functional groups attached to an aromatic ring is 1. The summed E-state index contributed by atoms with van der Waals surface area (Å²) in [6.07, 6.45) is 0. The molecule has 0 unspecified atom stereocenters. The number of nitrogens with two attached hydrogens (primary N) is 1. The number of thiazole rings is 1. The maximum Gasteiger partial charge on any atom is 0.183 e. The monoisotopic (exact) mass is 233 g/mol. The Morgan fingerprint density at radius 1 is 1.38 bits per heavy atom. The third-order valence-electron chi connectivity index (χ3n) is 2.42. The molecule has 0 fully saturated rings. The van der Waals surface area contributed by atoms with Crippen LogP contribution >= 0.6 is 11.3 Å². The van der Waals surface area contributed by atoms with Gasteiger partial charge in [0.25, 0.3) is 0 Å². The molecule has 0 spiro atoms. The Labute approximate surface area is 99.3 Å². The maximum atomic E-state index is 5.71. The van der Waals surface area contributed by atoms with E-state index in [0.29, 0.717) is 0 Å². The molecule has 4 heteroatoms. The molecule has 0 radical (unpaired) electrons. The van der Waals surface area contributed by atoms with E-state index in [1.807, 2.05) is 25.1 Å². The van der Waals surface area contributed by atoms with Gasteiger partial charge in [-0.3, -0.25) is 0 Å². The summed E-state index contributed by atoms with van der Waals surface area (Å²) >= 11 is 1.68. The largest absolute Gasteiger partial charge is 0.399 e. The lowest BCUT2D eigenvalue weighted by Crippen LogP contribution is -1.99. The minimum Gasteiger partial charge on any atom is -0.399 e. The highest BCUT2D eigenvalue weighted by Crippen LogP contribution is 2.21. The Morgan fingerprint density at radius 2 is 2.19 bits per heavy atom. The van der Waals surface area contributed by atoms with Crippen molar-refractivity contribution in [3.05, 3.63) is 40.4 Å². The van der Waals surface area contributed by atoms with E-state index in [1.54, 1.807) is 11.3 Å². The number of nitrogens with zero attached hydrogens (tertiary/aromatic N) is 1. The second kappa shape index (κ2) is 4.53. The van der Waals surface area contributed by atoms with Gasteiger partial charge in [0.1, 0.15) is 0 Å². The van der Waals surface area contributed by atoms with Gasteiger partial charge in [0.2, 0.25) is 0 Å². The van der Waals surface area contributed by atoms with E-state index in [4.69, 9.17) is 5.73 Å². The molecular formula is C12H15N3S. The summed E-state index contributed by atoms with van der Waals surface area (Å²) < 4.78 is 0. The number of rotatable bonds is 3. The van der Waals surface area contributed by atoms with E-state index in [-0.39, 0.29) is 0 Å². The van der Waals surface area contributed by atoms with E-state index in [9.17, 15) is 0 Å². The van der Waals surface area contributed by atoms with Crippen molar-refractivity contribution in [3.63, 3.8) is 0 Å². The molecule has 2 aromatic rings. The summed E-state index contributed by atoms with van der Waals surface area (Å²) in [6.45, 7) is 4.87.